The van der Waals surface area contributed by atoms with Crippen LogP contribution >= 0.6 is 0 Å². The lowest BCUT2D eigenvalue weighted by molar-refractivity contribution is -0.121. The highest BCUT2D eigenvalue weighted by atomic mass is 19.1. The standard InChI is InChI=1S/C16H21FN4O2/c1-10-3-4-12(9-13(10)17)16-20-15(23-21-16)6-5-14(22)19-8-7-11(2)18/h3-4,9,11H,5-8,18H2,1-2H3,(H,19,22). The van der Waals surface area contributed by atoms with Crippen LogP contribution in [-0.4, -0.2) is 28.6 Å². The number of nitrogens with two attached hydrogens (primary N) is 1. The van der Waals surface area contributed by atoms with Crippen molar-refractivity contribution in [2.45, 2.75) is 39.2 Å². The second kappa shape index (κ2) is 7.82. The summed E-state index contributed by atoms with van der Waals surface area (Å²) in [4.78, 5) is 15.9. The zero-order valence-corrected chi connectivity index (χ0v) is 13.3. The van der Waals surface area contributed by atoms with Crippen LogP contribution in [0.15, 0.2) is 22.7 Å². The Bertz CT molecular complexity index is 670. The van der Waals surface area contributed by atoms with Crippen LogP contribution in [0.5, 0.6) is 0 Å². The molecule has 1 heterocycles. The topological polar surface area (TPSA) is 94.0 Å². The minimum absolute atomic E-state index is 0.0590. The molecule has 0 spiro atoms. The Morgan fingerprint density at radius 2 is 2.26 bits per heavy atom. The Balaban J connectivity index is 1.87. The SMILES string of the molecule is Cc1ccc(-c2noc(CCC(=O)NCCC(C)N)n2)cc1F. The van der Waals surface area contributed by atoms with Crippen LogP contribution < -0.4 is 11.1 Å². The molecule has 2 aromatic rings. The Hall–Kier alpha value is -2.28. The van der Waals surface area contributed by atoms with E-state index in [1.807, 2.05) is 6.92 Å². The van der Waals surface area contributed by atoms with Crippen molar-refractivity contribution in [3.05, 3.63) is 35.5 Å². The van der Waals surface area contributed by atoms with Crippen molar-refractivity contribution in [3.8, 4) is 11.4 Å². The van der Waals surface area contributed by atoms with Crippen molar-refractivity contribution in [2.75, 3.05) is 6.54 Å². The van der Waals surface area contributed by atoms with E-state index in [-0.39, 0.29) is 24.2 Å². The second-order valence-electron chi connectivity index (χ2n) is 5.59. The largest absolute Gasteiger partial charge is 0.356 e. The van der Waals surface area contributed by atoms with Gasteiger partial charge < -0.3 is 15.6 Å². The number of aryl methyl sites for hydroxylation is 2. The van der Waals surface area contributed by atoms with Gasteiger partial charge in [-0.05, 0) is 31.9 Å². The van der Waals surface area contributed by atoms with E-state index in [0.717, 1.165) is 6.42 Å². The molecule has 1 aromatic heterocycles. The molecule has 0 saturated heterocycles. The summed E-state index contributed by atoms with van der Waals surface area (Å²) in [6, 6.07) is 4.81. The molecule has 1 aromatic carbocycles. The number of aromatic nitrogens is 2. The summed E-state index contributed by atoms with van der Waals surface area (Å²) in [5, 5.41) is 6.60. The molecule has 0 radical (unpaired) electrons. The van der Waals surface area contributed by atoms with Gasteiger partial charge >= 0.3 is 0 Å². The van der Waals surface area contributed by atoms with Gasteiger partial charge in [-0.2, -0.15) is 4.98 Å². The van der Waals surface area contributed by atoms with Gasteiger partial charge in [-0.3, -0.25) is 4.79 Å². The first-order valence-corrected chi connectivity index (χ1v) is 7.57. The third kappa shape index (κ3) is 5.14. The van der Waals surface area contributed by atoms with E-state index >= 15 is 0 Å². The van der Waals surface area contributed by atoms with Crippen LogP contribution in [0, 0.1) is 12.7 Å². The van der Waals surface area contributed by atoms with Gasteiger partial charge in [0.1, 0.15) is 5.82 Å². The smallest absolute Gasteiger partial charge is 0.227 e. The molecule has 0 aliphatic rings. The Morgan fingerprint density at radius 3 is 2.96 bits per heavy atom. The fourth-order valence-corrected chi connectivity index (χ4v) is 1.95. The van der Waals surface area contributed by atoms with Gasteiger partial charge in [-0.25, -0.2) is 4.39 Å². The van der Waals surface area contributed by atoms with Crippen LogP contribution in [0.2, 0.25) is 0 Å². The molecule has 1 amide bonds. The van der Waals surface area contributed by atoms with Crippen LogP contribution in [0.3, 0.4) is 0 Å². The predicted octanol–water partition coefficient (Wildman–Crippen LogP) is 1.97. The fourth-order valence-electron chi connectivity index (χ4n) is 1.95. The van der Waals surface area contributed by atoms with E-state index < -0.39 is 0 Å². The third-order valence-corrected chi connectivity index (χ3v) is 3.39. The molecule has 0 aliphatic heterocycles. The first-order chi connectivity index (χ1) is 11.0. The molecule has 1 atom stereocenters. The number of hydrogen-bond acceptors (Lipinski definition) is 5. The zero-order valence-electron chi connectivity index (χ0n) is 13.3. The molecule has 3 N–H and O–H groups in total. The van der Waals surface area contributed by atoms with Gasteiger partial charge in [-0.15, -0.1) is 0 Å². The molecule has 2 rings (SSSR count). The highest BCUT2D eigenvalue weighted by molar-refractivity contribution is 5.76. The van der Waals surface area contributed by atoms with Crippen LogP contribution in [-0.2, 0) is 11.2 Å². The van der Waals surface area contributed by atoms with Crippen molar-refractivity contribution in [2.24, 2.45) is 5.73 Å². The van der Waals surface area contributed by atoms with Crippen LogP contribution in [0.1, 0.15) is 31.2 Å². The Labute approximate surface area is 134 Å². The Morgan fingerprint density at radius 1 is 1.48 bits per heavy atom. The number of rotatable bonds is 7. The lowest BCUT2D eigenvalue weighted by Crippen LogP contribution is -2.29. The van der Waals surface area contributed by atoms with E-state index in [0.29, 0.717) is 35.8 Å². The summed E-state index contributed by atoms with van der Waals surface area (Å²) in [7, 11) is 0. The number of hydrogen-bond donors (Lipinski definition) is 2. The molecule has 0 bridgehead atoms. The average Bonchev–Trinajstić information content (AvgIpc) is 2.96. The normalized spacial score (nSPS) is 12.2. The molecule has 1 unspecified atom stereocenters. The monoisotopic (exact) mass is 320 g/mol. The number of carbonyl (C=O) groups is 1. The number of nitrogens with one attached hydrogen (secondary N) is 1. The van der Waals surface area contributed by atoms with Gasteiger partial charge in [-0.1, -0.05) is 17.3 Å². The minimum Gasteiger partial charge on any atom is -0.356 e. The summed E-state index contributed by atoms with van der Waals surface area (Å²) in [6.45, 7) is 4.12. The highest BCUT2D eigenvalue weighted by Gasteiger charge is 2.12. The summed E-state index contributed by atoms with van der Waals surface area (Å²) in [6.07, 6.45) is 1.32. The number of nitrogens with zero attached hydrogens (tertiary/aromatic N) is 2. The van der Waals surface area contributed by atoms with Crippen molar-refractivity contribution in [1.82, 2.24) is 15.5 Å². The Kier molecular flexibility index (Phi) is 5.81. The lowest BCUT2D eigenvalue weighted by atomic mass is 10.1. The number of halogens is 1. The number of benzene rings is 1. The molecule has 0 saturated carbocycles. The van der Waals surface area contributed by atoms with Crippen molar-refractivity contribution in [1.29, 1.82) is 0 Å². The first kappa shape index (κ1) is 17.1. The maximum absolute atomic E-state index is 13.6. The van der Waals surface area contributed by atoms with Crippen molar-refractivity contribution < 1.29 is 13.7 Å². The maximum Gasteiger partial charge on any atom is 0.227 e. The van der Waals surface area contributed by atoms with Crippen LogP contribution in [0.25, 0.3) is 11.4 Å². The quantitative estimate of drug-likeness (QED) is 0.813. The van der Waals surface area contributed by atoms with Crippen LogP contribution in [0.4, 0.5) is 4.39 Å². The maximum atomic E-state index is 13.6. The van der Waals surface area contributed by atoms with E-state index in [9.17, 15) is 9.18 Å². The molecule has 0 aliphatic carbocycles. The molecule has 124 valence electrons. The van der Waals surface area contributed by atoms with Gasteiger partial charge in [0.15, 0.2) is 0 Å². The molecular formula is C16H21FN4O2. The second-order valence-corrected chi connectivity index (χ2v) is 5.59. The molecule has 7 heteroatoms. The number of amides is 1. The van der Waals surface area contributed by atoms with Gasteiger partial charge in [0.2, 0.25) is 17.6 Å². The van der Waals surface area contributed by atoms with E-state index in [2.05, 4.69) is 15.5 Å². The number of carbonyl (C=O) groups excluding carboxylic acids is 1. The highest BCUT2D eigenvalue weighted by Crippen LogP contribution is 2.19. The molecule has 0 fully saturated rings. The average molecular weight is 320 g/mol. The zero-order chi connectivity index (χ0) is 16.8. The van der Waals surface area contributed by atoms with Gasteiger partial charge in [0.05, 0.1) is 0 Å². The van der Waals surface area contributed by atoms with E-state index in [4.69, 9.17) is 10.3 Å². The molecular weight excluding hydrogens is 299 g/mol. The van der Waals surface area contributed by atoms with Crippen molar-refractivity contribution in [3.63, 3.8) is 0 Å². The summed E-state index contributed by atoms with van der Waals surface area (Å²) < 4.78 is 18.7. The van der Waals surface area contributed by atoms with Gasteiger partial charge in [0.25, 0.3) is 0 Å². The third-order valence-electron chi connectivity index (χ3n) is 3.39. The molecule has 6 nitrogen and oxygen atoms in total. The predicted molar refractivity (Wildman–Crippen MR) is 84.0 cm³/mol. The van der Waals surface area contributed by atoms with Crippen molar-refractivity contribution >= 4 is 5.91 Å². The first-order valence-electron chi connectivity index (χ1n) is 7.57. The minimum atomic E-state index is -0.317. The lowest BCUT2D eigenvalue weighted by Gasteiger charge is -2.06. The van der Waals surface area contributed by atoms with E-state index in [1.54, 1.807) is 19.1 Å². The fraction of sp³-hybridized carbons (Fsp3) is 0.438. The summed E-state index contributed by atoms with van der Waals surface area (Å²) >= 11 is 0. The summed E-state index contributed by atoms with van der Waals surface area (Å²) in [5.41, 5.74) is 6.71. The summed E-state index contributed by atoms with van der Waals surface area (Å²) in [5.74, 6) is 0.258. The molecule has 23 heavy (non-hydrogen) atoms. The van der Waals surface area contributed by atoms with Gasteiger partial charge in [0, 0.05) is 31.0 Å². The van der Waals surface area contributed by atoms with E-state index in [1.165, 1.54) is 6.07 Å².